The molecule has 2 aromatic rings. The lowest BCUT2D eigenvalue weighted by Gasteiger charge is -2.18. The monoisotopic (exact) mass is 534 g/mol. The van der Waals surface area contributed by atoms with Gasteiger partial charge in [0, 0.05) is 33.7 Å². The van der Waals surface area contributed by atoms with Crippen molar-refractivity contribution in [3.8, 4) is 5.75 Å². The maximum Gasteiger partial charge on any atom is 0.294 e. The number of nitrogens with zero attached hydrogens (tertiary/aromatic N) is 2. The van der Waals surface area contributed by atoms with Gasteiger partial charge in [0.15, 0.2) is 0 Å². The van der Waals surface area contributed by atoms with Crippen molar-refractivity contribution in [2.75, 3.05) is 19.6 Å². The van der Waals surface area contributed by atoms with E-state index in [0.717, 1.165) is 39.5 Å². The molecule has 4 rings (SSSR count). The van der Waals surface area contributed by atoms with E-state index in [0.29, 0.717) is 29.4 Å². The third-order valence-electron chi connectivity index (χ3n) is 5.23. The molecule has 0 bridgehead atoms. The summed E-state index contributed by atoms with van der Waals surface area (Å²) in [6.45, 7) is 1.38. The third-order valence-corrected chi connectivity index (χ3v) is 6.99. The van der Waals surface area contributed by atoms with Crippen molar-refractivity contribution in [1.82, 2.24) is 9.80 Å². The van der Waals surface area contributed by atoms with Crippen LogP contribution in [0.5, 0.6) is 5.75 Å². The van der Waals surface area contributed by atoms with Crippen molar-refractivity contribution in [3.63, 3.8) is 0 Å². The number of hydrogen-bond donors (Lipinski definition) is 0. The van der Waals surface area contributed by atoms with Gasteiger partial charge >= 0.3 is 0 Å². The molecule has 2 heterocycles. The van der Waals surface area contributed by atoms with E-state index in [2.05, 4.69) is 15.9 Å². The van der Waals surface area contributed by atoms with Gasteiger partial charge in [-0.25, -0.2) is 0 Å². The number of ether oxygens (including phenoxy) is 1. The van der Waals surface area contributed by atoms with E-state index in [1.54, 1.807) is 23.1 Å². The number of hydrogen-bond acceptors (Lipinski definition) is 5. The van der Waals surface area contributed by atoms with Gasteiger partial charge in [0.25, 0.3) is 11.1 Å². The Bertz CT molecular complexity index is 1100. The second-order valence-electron chi connectivity index (χ2n) is 7.42. The number of likely N-dealkylation sites (tertiary alicyclic amines) is 1. The maximum atomic E-state index is 12.9. The van der Waals surface area contributed by atoms with Crippen LogP contribution < -0.4 is 4.74 Å². The number of carbonyl (C=O) groups excluding carboxylic acids is 3. The van der Waals surface area contributed by atoms with Gasteiger partial charge in [-0.2, -0.15) is 0 Å². The number of benzene rings is 2. The van der Waals surface area contributed by atoms with Crippen molar-refractivity contribution >= 4 is 62.4 Å². The minimum atomic E-state index is -0.468. The van der Waals surface area contributed by atoms with Crippen LogP contribution in [-0.2, 0) is 16.2 Å². The van der Waals surface area contributed by atoms with Gasteiger partial charge in [-0.1, -0.05) is 45.7 Å². The molecule has 32 heavy (non-hydrogen) atoms. The van der Waals surface area contributed by atoms with Crippen LogP contribution >= 0.6 is 39.3 Å². The number of halogens is 2. The van der Waals surface area contributed by atoms with E-state index in [1.165, 1.54) is 0 Å². The van der Waals surface area contributed by atoms with Crippen LogP contribution in [0.1, 0.15) is 24.0 Å². The summed E-state index contributed by atoms with van der Waals surface area (Å²) in [7, 11) is 0. The quantitative estimate of drug-likeness (QED) is 0.467. The fraction of sp³-hybridized carbons (Fsp3) is 0.261. The van der Waals surface area contributed by atoms with Gasteiger partial charge in [-0.05, 0) is 54.9 Å². The minimum absolute atomic E-state index is 0.197. The van der Waals surface area contributed by atoms with Gasteiger partial charge in [-0.15, -0.1) is 0 Å². The molecule has 0 unspecified atom stereocenters. The largest absolute Gasteiger partial charge is 0.488 e. The second kappa shape index (κ2) is 10.1. The zero-order valence-corrected chi connectivity index (χ0v) is 20.2. The lowest BCUT2D eigenvalue weighted by Crippen LogP contribution is -2.40. The molecule has 2 aromatic carbocycles. The summed E-state index contributed by atoms with van der Waals surface area (Å²) in [5.41, 5.74) is 1.48. The predicted molar refractivity (Wildman–Crippen MR) is 128 cm³/mol. The number of thioether (sulfide) groups is 1. The summed E-state index contributed by atoms with van der Waals surface area (Å²) in [4.78, 5) is 40.7. The predicted octanol–water partition coefficient (Wildman–Crippen LogP) is 5.34. The smallest absolute Gasteiger partial charge is 0.294 e. The molecule has 9 heteroatoms. The number of rotatable bonds is 6. The summed E-state index contributed by atoms with van der Waals surface area (Å²) in [6.07, 6.45) is 3.53. The normalized spacial score (nSPS) is 17.5. The molecule has 6 nitrogen and oxygen atoms in total. The van der Waals surface area contributed by atoms with E-state index in [4.69, 9.17) is 16.3 Å². The molecular weight excluding hydrogens is 516 g/mol. The molecule has 0 spiro atoms. The Morgan fingerprint density at radius 2 is 1.91 bits per heavy atom. The van der Waals surface area contributed by atoms with Crippen LogP contribution in [-0.4, -0.2) is 46.5 Å². The molecule has 166 valence electrons. The Balaban J connectivity index is 1.52. The van der Waals surface area contributed by atoms with Crippen LogP contribution in [0.4, 0.5) is 4.79 Å². The fourth-order valence-corrected chi connectivity index (χ4v) is 4.91. The first-order chi connectivity index (χ1) is 15.4. The van der Waals surface area contributed by atoms with Gasteiger partial charge in [0.2, 0.25) is 5.91 Å². The molecule has 3 amide bonds. The van der Waals surface area contributed by atoms with Crippen molar-refractivity contribution in [3.05, 3.63) is 68.0 Å². The zero-order chi connectivity index (χ0) is 22.7. The Hall–Kier alpha value is -2.29. The van der Waals surface area contributed by atoms with E-state index < -0.39 is 11.1 Å². The summed E-state index contributed by atoms with van der Waals surface area (Å²) in [5, 5.41) is 0.164. The molecule has 2 saturated heterocycles. The molecular formula is C23H20BrClN2O4S. The maximum absolute atomic E-state index is 12.9. The molecule has 2 aliphatic heterocycles. The number of imide groups is 1. The minimum Gasteiger partial charge on any atom is -0.488 e. The first-order valence-corrected chi connectivity index (χ1v) is 12.1. The van der Waals surface area contributed by atoms with E-state index >= 15 is 0 Å². The Kier molecular flexibility index (Phi) is 7.23. The van der Waals surface area contributed by atoms with Crippen molar-refractivity contribution in [2.45, 2.75) is 19.4 Å². The SMILES string of the molecule is O=C(CN1C(=O)S/C(=C\c2cc(Br)ccc2OCc2ccccc2Cl)C1=O)N1CCCC1. The molecule has 0 aliphatic carbocycles. The summed E-state index contributed by atoms with van der Waals surface area (Å²) in [6, 6.07) is 12.8. The fourth-order valence-electron chi connectivity index (χ4n) is 3.51. The van der Waals surface area contributed by atoms with E-state index in [9.17, 15) is 14.4 Å². The highest BCUT2D eigenvalue weighted by atomic mass is 79.9. The molecule has 0 radical (unpaired) electrons. The van der Waals surface area contributed by atoms with Gasteiger partial charge in [-0.3, -0.25) is 19.3 Å². The first kappa shape index (κ1) is 22.9. The van der Waals surface area contributed by atoms with Crippen LogP contribution in [0, 0.1) is 0 Å². The zero-order valence-electron chi connectivity index (χ0n) is 17.1. The van der Waals surface area contributed by atoms with E-state index in [-0.39, 0.29) is 24.0 Å². The topological polar surface area (TPSA) is 66.9 Å². The molecule has 0 saturated carbocycles. The Morgan fingerprint density at radius 3 is 2.66 bits per heavy atom. The highest BCUT2D eigenvalue weighted by molar-refractivity contribution is 9.10. The van der Waals surface area contributed by atoms with Gasteiger partial charge in [0.1, 0.15) is 18.9 Å². The highest BCUT2D eigenvalue weighted by Crippen LogP contribution is 2.35. The lowest BCUT2D eigenvalue weighted by molar-refractivity contribution is -0.135. The van der Waals surface area contributed by atoms with Crippen molar-refractivity contribution in [1.29, 1.82) is 0 Å². The number of amides is 3. The van der Waals surface area contributed by atoms with Crippen LogP contribution in [0.2, 0.25) is 5.02 Å². The van der Waals surface area contributed by atoms with Gasteiger partial charge in [0.05, 0.1) is 4.91 Å². The Morgan fingerprint density at radius 1 is 1.16 bits per heavy atom. The number of carbonyl (C=O) groups is 3. The average Bonchev–Trinajstić information content (AvgIpc) is 3.39. The molecule has 0 N–H and O–H groups in total. The first-order valence-electron chi connectivity index (χ1n) is 10.1. The summed E-state index contributed by atoms with van der Waals surface area (Å²) >= 11 is 10.5. The van der Waals surface area contributed by atoms with E-state index in [1.807, 2.05) is 30.3 Å². The summed E-state index contributed by atoms with van der Waals surface area (Å²) in [5.74, 6) is -0.116. The van der Waals surface area contributed by atoms with Crippen molar-refractivity contribution < 1.29 is 19.1 Å². The second-order valence-corrected chi connectivity index (χ2v) is 9.73. The molecule has 0 atom stereocenters. The molecule has 2 aliphatic rings. The highest BCUT2D eigenvalue weighted by Gasteiger charge is 2.37. The van der Waals surface area contributed by atoms with Crippen LogP contribution in [0.25, 0.3) is 6.08 Å². The van der Waals surface area contributed by atoms with Crippen LogP contribution in [0.15, 0.2) is 51.8 Å². The van der Waals surface area contributed by atoms with Crippen LogP contribution in [0.3, 0.4) is 0 Å². The van der Waals surface area contributed by atoms with Gasteiger partial charge < -0.3 is 9.64 Å². The standard InChI is InChI=1S/C23H20BrClN2O4S/c24-17-7-8-19(31-14-15-5-1-2-6-18(15)25)16(11-17)12-20-22(29)27(23(30)32-20)13-21(28)26-9-3-4-10-26/h1-2,5-8,11-12H,3-4,9-10,13-14H2/b20-12-. The van der Waals surface area contributed by atoms with Crippen molar-refractivity contribution in [2.24, 2.45) is 0 Å². The molecule has 2 fully saturated rings. The lowest BCUT2D eigenvalue weighted by atomic mass is 10.1. The third kappa shape index (κ3) is 5.19. The Labute approximate surface area is 203 Å². The molecule has 0 aromatic heterocycles. The summed E-state index contributed by atoms with van der Waals surface area (Å²) < 4.78 is 6.76. The average molecular weight is 536 g/mol.